The zero-order chi connectivity index (χ0) is 16.8. The van der Waals surface area contributed by atoms with Crippen molar-refractivity contribution in [2.75, 3.05) is 20.8 Å². The zero-order valence-corrected chi connectivity index (χ0v) is 14.1. The molecule has 4 nitrogen and oxygen atoms in total. The first-order valence-corrected chi connectivity index (χ1v) is 7.74. The van der Waals surface area contributed by atoms with E-state index in [0.717, 1.165) is 19.4 Å². The highest BCUT2D eigenvalue weighted by Crippen LogP contribution is 2.51. The summed E-state index contributed by atoms with van der Waals surface area (Å²) in [6.45, 7) is 4.72. The number of hydrogen-bond donors (Lipinski definition) is 1. The van der Waals surface area contributed by atoms with Crippen LogP contribution in [0, 0.1) is 12.8 Å². The summed E-state index contributed by atoms with van der Waals surface area (Å²) in [5.41, 5.74) is 8.93. The molecule has 0 saturated carbocycles. The van der Waals surface area contributed by atoms with Gasteiger partial charge in [0.05, 0.1) is 6.54 Å². The zero-order valence-electron chi connectivity index (χ0n) is 14.1. The topological polar surface area (TPSA) is 47.5 Å². The van der Waals surface area contributed by atoms with Gasteiger partial charge < -0.3 is 15.2 Å². The molecule has 1 aromatic carbocycles. The predicted octanol–water partition coefficient (Wildman–Crippen LogP) is 2.32. The number of fused-ring (bicyclic) bond motifs is 3. The monoisotopic (exact) mass is 304 g/mol. The lowest BCUT2D eigenvalue weighted by Crippen LogP contribution is -2.34. The summed E-state index contributed by atoms with van der Waals surface area (Å²) in [5, 5.41) is 0. The summed E-state index contributed by atoms with van der Waals surface area (Å²) >= 11 is 0. The van der Waals surface area contributed by atoms with Crippen molar-refractivity contribution in [3.63, 3.8) is 0 Å². The van der Waals surface area contributed by atoms with Gasteiger partial charge in [-0.05, 0) is 24.0 Å². The molecule has 0 aromatic heterocycles. The Labute approximate surface area is 134 Å². The fourth-order valence-electron chi connectivity index (χ4n) is 3.24. The van der Waals surface area contributed by atoms with Crippen LogP contribution in [0.2, 0.25) is 0 Å². The molecule has 122 valence electrons. The SMILES string of the molecule is C#C.CC.COC(CN1[C@H]2CCc3ccccc3[C@]21N)OC. The Bertz CT molecular complexity index is 485. The number of methoxy groups -OCH3 is 2. The van der Waals surface area contributed by atoms with Crippen molar-refractivity contribution in [3.8, 4) is 12.8 Å². The summed E-state index contributed by atoms with van der Waals surface area (Å²) in [6.07, 6.45) is 10.0. The van der Waals surface area contributed by atoms with Gasteiger partial charge in [0, 0.05) is 20.3 Å². The minimum atomic E-state index is -0.301. The Kier molecular flexibility index (Phi) is 7.05. The van der Waals surface area contributed by atoms with Crippen molar-refractivity contribution in [1.82, 2.24) is 4.90 Å². The molecule has 0 bridgehead atoms. The van der Waals surface area contributed by atoms with Crippen LogP contribution in [-0.4, -0.2) is 38.0 Å². The molecule has 0 spiro atoms. The Morgan fingerprint density at radius 2 is 1.86 bits per heavy atom. The highest BCUT2D eigenvalue weighted by atomic mass is 16.7. The van der Waals surface area contributed by atoms with Crippen LogP contribution in [0.25, 0.3) is 0 Å². The second-order valence-electron chi connectivity index (χ2n) is 5.09. The Balaban J connectivity index is 0.000000561. The molecule has 0 radical (unpaired) electrons. The van der Waals surface area contributed by atoms with Crippen LogP contribution in [0.5, 0.6) is 0 Å². The van der Waals surface area contributed by atoms with Crippen molar-refractivity contribution in [3.05, 3.63) is 35.4 Å². The molecule has 3 rings (SSSR count). The van der Waals surface area contributed by atoms with E-state index in [1.54, 1.807) is 14.2 Å². The standard InChI is InChI=1S/C14H20N2O2.C2H6.C2H2/c1-17-13(18-2)9-16-12-8-7-10-5-3-4-6-11(10)14(12,16)15;2*1-2/h3-6,12-13H,7-9,15H2,1-2H3;1-2H3;1-2H/t12-,14+,16?;;/m0../s1. The third-order valence-electron chi connectivity index (χ3n) is 4.30. The minimum absolute atomic E-state index is 0.205. The van der Waals surface area contributed by atoms with E-state index >= 15 is 0 Å². The lowest BCUT2D eigenvalue weighted by Gasteiger charge is -2.21. The van der Waals surface area contributed by atoms with Gasteiger partial charge in [-0.15, -0.1) is 12.8 Å². The molecule has 1 aliphatic carbocycles. The summed E-state index contributed by atoms with van der Waals surface area (Å²) < 4.78 is 10.5. The molecular formula is C18H28N2O2. The first-order valence-electron chi connectivity index (χ1n) is 7.74. The summed E-state index contributed by atoms with van der Waals surface area (Å²) in [6, 6.07) is 8.91. The molecule has 2 aliphatic rings. The van der Waals surface area contributed by atoms with Crippen molar-refractivity contribution in [2.24, 2.45) is 5.73 Å². The van der Waals surface area contributed by atoms with E-state index in [1.807, 2.05) is 13.8 Å². The van der Waals surface area contributed by atoms with Crippen molar-refractivity contribution >= 4 is 0 Å². The summed E-state index contributed by atoms with van der Waals surface area (Å²) in [4.78, 5) is 2.29. The summed E-state index contributed by atoms with van der Waals surface area (Å²) in [7, 11) is 3.33. The minimum Gasteiger partial charge on any atom is -0.355 e. The van der Waals surface area contributed by atoms with Gasteiger partial charge in [0.1, 0.15) is 5.66 Å². The van der Waals surface area contributed by atoms with E-state index in [2.05, 4.69) is 42.0 Å². The smallest absolute Gasteiger partial charge is 0.169 e. The maximum absolute atomic E-state index is 6.58. The van der Waals surface area contributed by atoms with Gasteiger partial charge in [-0.2, -0.15) is 0 Å². The highest BCUT2D eigenvalue weighted by Gasteiger charge is 2.63. The Morgan fingerprint density at radius 3 is 2.45 bits per heavy atom. The van der Waals surface area contributed by atoms with Gasteiger partial charge in [-0.1, -0.05) is 38.1 Å². The molecule has 1 saturated heterocycles. The molecular weight excluding hydrogens is 276 g/mol. The molecule has 1 heterocycles. The van der Waals surface area contributed by atoms with E-state index < -0.39 is 0 Å². The number of aryl methyl sites for hydroxylation is 1. The van der Waals surface area contributed by atoms with Gasteiger partial charge in [0.25, 0.3) is 0 Å². The van der Waals surface area contributed by atoms with Crippen LogP contribution in [0.4, 0.5) is 0 Å². The number of hydrogen-bond acceptors (Lipinski definition) is 4. The van der Waals surface area contributed by atoms with Gasteiger partial charge >= 0.3 is 0 Å². The second kappa shape index (κ2) is 8.30. The maximum Gasteiger partial charge on any atom is 0.169 e. The number of benzene rings is 1. The van der Waals surface area contributed by atoms with Crippen LogP contribution in [-0.2, 0) is 21.6 Å². The Hall–Kier alpha value is -1.38. The first-order chi connectivity index (χ1) is 10.7. The van der Waals surface area contributed by atoms with Gasteiger partial charge in [0.2, 0.25) is 0 Å². The molecule has 1 aromatic rings. The molecule has 1 aliphatic heterocycles. The lowest BCUT2D eigenvalue weighted by atomic mass is 9.88. The van der Waals surface area contributed by atoms with E-state index in [1.165, 1.54) is 11.1 Å². The molecule has 4 heteroatoms. The van der Waals surface area contributed by atoms with Gasteiger partial charge in [-0.25, -0.2) is 0 Å². The molecule has 1 fully saturated rings. The van der Waals surface area contributed by atoms with E-state index in [0.29, 0.717) is 6.04 Å². The van der Waals surface area contributed by atoms with Crippen LogP contribution in [0.3, 0.4) is 0 Å². The molecule has 2 N–H and O–H groups in total. The number of nitrogens with zero attached hydrogens (tertiary/aromatic N) is 1. The molecule has 1 unspecified atom stereocenters. The normalized spacial score (nSPS) is 27.5. The van der Waals surface area contributed by atoms with E-state index in [4.69, 9.17) is 15.2 Å². The van der Waals surface area contributed by atoms with E-state index in [-0.39, 0.29) is 12.0 Å². The molecule has 3 atom stereocenters. The van der Waals surface area contributed by atoms with Crippen molar-refractivity contribution in [2.45, 2.75) is 44.7 Å². The van der Waals surface area contributed by atoms with Gasteiger partial charge in [0.15, 0.2) is 6.29 Å². The van der Waals surface area contributed by atoms with Crippen LogP contribution >= 0.6 is 0 Å². The van der Waals surface area contributed by atoms with Crippen LogP contribution in [0.15, 0.2) is 24.3 Å². The third-order valence-corrected chi connectivity index (χ3v) is 4.30. The number of ether oxygens (including phenoxy) is 2. The third kappa shape index (κ3) is 3.18. The average molecular weight is 304 g/mol. The highest BCUT2D eigenvalue weighted by molar-refractivity contribution is 5.43. The van der Waals surface area contributed by atoms with Crippen LogP contribution in [0.1, 0.15) is 31.4 Å². The fourth-order valence-corrected chi connectivity index (χ4v) is 3.24. The largest absolute Gasteiger partial charge is 0.355 e. The van der Waals surface area contributed by atoms with E-state index in [9.17, 15) is 0 Å². The average Bonchev–Trinajstić information content (AvgIpc) is 3.20. The fraction of sp³-hybridized carbons (Fsp3) is 0.556. The predicted molar refractivity (Wildman–Crippen MR) is 90.2 cm³/mol. The second-order valence-corrected chi connectivity index (χ2v) is 5.09. The van der Waals surface area contributed by atoms with Crippen molar-refractivity contribution in [1.29, 1.82) is 0 Å². The summed E-state index contributed by atoms with van der Waals surface area (Å²) in [5.74, 6) is 0. The Morgan fingerprint density at radius 1 is 1.27 bits per heavy atom. The first kappa shape index (κ1) is 18.7. The van der Waals surface area contributed by atoms with Crippen LogP contribution < -0.4 is 5.73 Å². The van der Waals surface area contributed by atoms with Crippen molar-refractivity contribution < 1.29 is 9.47 Å². The number of rotatable bonds is 4. The quantitative estimate of drug-likeness (QED) is 0.527. The lowest BCUT2D eigenvalue weighted by molar-refractivity contribution is -0.109. The molecule has 22 heavy (non-hydrogen) atoms. The number of nitrogens with two attached hydrogens (primary N) is 1. The van der Waals surface area contributed by atoms with Gasteiger partial charge in [-0.3, -0.25) is 4.90 Å². The maximum atomic E-state index is 6.58. The number of terminal acetylenes is 1. The molecule has 0 amide bonds.